The number of nitrogens with zero attached hydrogens (tertiary/aromatic N) is 2. The molecule has 7 nitrogen and oxygen atoms in total. The van der Waals surface area contributed by atoms with Gasteiger partial charge < -0.3 is 24.3 Å². The van der Waals surface area contributed by atoms with E-state index in [9.17, 15) is 9.59 Å². The largest absolute Gasteiger partial charge is 0.454 e. The summed E-state index contributed by atoms with van der Waals surface area (Å²) in [5, 5.41) is 1.11. The molecule has 7 heteroatoms. The zero-order chi connectivity index (χ0) is 21.1. The molecule has 1 aromatic heterocycles. The summed E-state index contributed by atoms with van der Waals surface area (Å²) in [5.41, 5.74) is 4.01. The van der Waals surface area contributed by atoms with Crippen LogP contribution in [0.25, 0.3) is 10.9 Å². The summed E-state index contributed by atoms with van der Waals surface area (Å²) in [6.07, 6.45) is 1.35. The molecule has 1 saturated heterocycles. The minimum atomic E-state index is -0.505. The summed E-state index contributed by atoms with van der Waals surface area (Å²) in [7, 11) is 0. The maximum atomic E-state index is 13.4. The van der Waals surface area contributed by atoms with E-state index in [1.54, 1.807) is 9.80 Å². The van der Waals surface area contributed by atoms with Gasteiger partial charge in [-0.3, -0.25) is 9.59 Å². The molecule has 0 unspecified atom stereocenters. The summed E-state index contributed by atoms with van der Waals surface area (Å²) in [6.45, 7) is 2.94. The monoisotopic (exact) mass is 417 g/mol. The van der Waals surface area contributed by atoms with Crippen LogP contribution in [0.15, 0.2) is 42.5 Å². The molecule has 3 aliphatic rings. The lowest BCUT2D eigenvalue weighted by Crippen LogP contribution is -2.63. The van der Waals surface area contributed by atoms with Crippen LogP contribution in [0.3, 0.4) is 0 Å². The molecule has 4 heterocycles. The minimum absolute atomic E-state index is 0.0231. The first-order chi connectivity index (χ1) is 15.2. The lowest BCUT2D eigenvalue weighted by Gasteiger charge is -2.47. The van der Waals surface area contributed by atoms with Crippen molar-refractivity contribution in [1.82, 2.24) is 14.8 Å². The standard InChI is InChI=1S/C24H23N3O4/c1-2-9-26-12-21(28)27-18(24(26)29)11-16-15-5-3-4-6-17(15)25-22(16)23(27)14-7-8-19-20(10-14)31-13-30-19/h3-8,10,18,23,25H,2,9,11-13H2,1H3/t18-,23+/m1/s1. The summed E-state index contributed by atoms with van der Waals surface area (Å²) in [6, 6.07) is 13.0. The molecule has 2 atom stereocenters. The highest BCUT2D eigenvalue weighted by molar-refractivity contribution is 5.97. The Morgan fingerprint density at radius 3 is 2.81 bits per heavy atom. The number of aromatic nitrogens is 1. The van der Waals surface area contributed by atoms with Crippen LogP contribution in [-0.2, 0) is 16.0 Å². The van der Waals surface area contributed by atoms with Gasteiger partial charge in [-0.05, 0) is 35.7 Å². The topological polar surface area (TPSA) is 74.9 Å². The van der Waals surface area contributed by atoms with Gasteiger partial charge >= 0.3 is 0 Å². The number of H-pyrrole nitrogens is 1. The van der Waals surface area contributed by atoms with Crippen molar-refractivity contribution in [3.8, 4) is 11.5 Å². The second kappa shape index (κ2) is 6.77. The molecule has 0 radical (unpaired) electrons. The quantitative estimate of drug-likeness (QED) is 0.711. The Morgan fingerprint density at radius 1 is 1.10 bits per heavy atom. The van der Waals surface area contributed by atoms with Crippen LogP contribution in [0.2, 0.25) is 0 Å². The van der Waals surface area contributed by atoms with Gasteiger partial charge in [0.15, 0.2) is 11.5 Å². The highest BCUT2D eigenvalue weighted by atomic mass is 16.7. The molecule has 0 aliphatic carbocycles. The van der Waals surface area contributed by atoms with Crippen molar-refractivity contribution in [3.05, 3.63) is 59.3 Å². The number of carbonyl (C=O) groups is 2. The van der Waals surface area contributed by atoms with Crippen molar-refractivity contribution in [3.63, 3.8) is 0 Å². The maximum Gasteiger partial charge on any atom is 0.246 e. The molecule has 31 heavy (non-hydrogen) atoms. The van der Waals surface area contributed by atoms with Crippen molar-refractivity contribution in [1.29, 1.82) is 0 Å². The number of piperazine rings is 1. The molecule has 3 aromatic rings. The molecule has 0 spiro atoms. The number of ether oxygens (including phenoxy) is 2. The SMILES string of the molecule is CCCN1CC(=O)N2[C@@H](c3ccc4c(c3)OCO4)c3[nH]c4ccccc4c3C[C@@H]2C1=O. The van der Waals surface area contributed by atoms with Gasteiger partial charge in [-0.15, -0.1) is 0 Å². The Morgan fingerprint density at radius 2 is 1.94 bits per heavy atom. The van der Waals surface area contributed by atoms with E-state index in [2.05, 4.69) is 11.1 Å². The van der Waals surface area contributed by atoms with Gasteiger partial charge in [0.2, 0.25) is 18.6 Å². The Kier molecular flexibility index (Phi) is 4.00. The smallest absolute Gasteiger partial charge is 0.246 e. The van der Waals surface area contributed by atoms with Crippen LogP contribution in [0.4, 0.5) is 0 Å². The molecule has 1 N–H and O–H groups in total. The molecule has 0 bridgehead atoms. The zero-order valence-electron chi connectivity index (χ0n) is 17.3. The van der Waals surface area contributed by atoms with Gasteiger partial charge in [0, 0.05) is 29.6 Å². The Labute approximate surface area is 179 Å². The third kappa shape index (κ3) is 2.65. The minimum Gasteiger partial charge on any atom is -0.454 e. The number of fused-ring (bicyclic) bond motifs is 5. The van der Waals surface area contributed by atoms with Crippen LogP contribution < -0.4 is 9.47 Å². The van der Waals surface area contributed by atoms with E-state index in [1.165, 1.54) is 0 Å². The van der Waals surface area contributed by atoms with Crippen LogP contribution in [0, 0.1) is 0 Å². The molecule has 2 amide bonds. The number of carbonyl (C=O) groups excluding carboxylic acids is 2. The summed E-state index contributed by atoms with van der Waals surface area (Å²) < 4.78 is 11.1. The number of benzene rings is 2. The molecule has 1 fully saturated rings. The molecule has 2 aromatic carbocycles. The van der Waals surface area contributed by atoms with Crippen molar-refractivity contribution in [2.24, 2.45) is 0 Å². The lowest BCUT2D eigenvalue weighted by atomic mass is 9.86. The summed E-state index contributed by atoms with van der Waals surface area (Å²) in [5.74, 6) is 1.37. The second-order valence-corrected chi connectivity index (χ2v) is 8.36. The van der Waals surface area contributed by atoms with E-state index in [4.69, 9.17) is 9.47 Å². The van der Waals surface area contributed by atoms with E-state index >= 15 is 0 Å². The number of hydrogen-bond donors (Lipinski definition) is 1. The molecule has 3 aliphatic heterocycles. The van der Waals surface area contributed by atoms with Crippen molar-refractivity contribution in [2.45, 2.75) is 31.8 Å². The third-order valence-corrected chi connectivity index (χ3v) is 6.55. The number of amides is 2. The van der Waals surface area contributed by atoms with Gasteiger partial charge in [-0.1, -0.05) is 31.2 Å². The van der Waals surface area contributed by atoms with Crippen molar-refractivity contribution in [2.75, 3.05) is 19.9 Å². The number of hydrogen-bond acceptors (Lipinski definition) is 4. The van der Waals surface area contributed by atoms with Gasteiger partial charge in [0.1, 0.15) is 6.04 Å². The van der Waals surface area contributed by atoms with E-state index in [0.717, 1.165) is 34.1 Å². The van der Waals surface area contributed by atoms with Crippen LogP contribution in [-0.4, -0.2) is 52.5 Å². The molecule has 158 valence electrons. The van der Waals surface area contributed by atoms with Gasteiger partial charge in [0.05, 0.1) is 12.6 Å². The molecule has 0 saturated carbocycles. The first kappa shape index (κ1) is 18.3. The predicted molar refractivity (Wildman–Crippen MR) is 114 cm³/mol. The highest BCUT2D eigenvalue weighted by Gasteiger charge is 2.48. The number of para-hydroxylation sites is 1. The highest BCUT2D eigenvalue weighted by Crippen LogP contribution is 2.44. The van der Waals surface area contributed by atoms with Gasteiger partial charge in [-0.2, -0.15) is 0 Å². The van der Waals surface area contributed by atoms with E-state index < -0.39 is 6.04 Å². The number of nitrogens with one attached hydrogen (secondary N) is 1. The molecular formula is C24H23N3O4. The van der Waals surface area contributed by atoms with E-state index in [0.29, 0.717) is 24.5 Å². The summed E-state index contributed by atoms with van der Waals surface area (Å²) >= 11 is 0. The fourth-order valence-electron chi connectivity index (χ4n) is 5.21. The summed E-state index contributed by atoms with van der Waals surface area (Å²) in [4.78, 5) is 33.8. The van der Waals surface area contributed by atoms with Gasteiger partial charge in [-0.25, -0.2) is 0 Å². The molecule has 6 rings (SSSR count). The predicted octanol–water partition coefficient (Wildman–Crippen LogP) is 2.99. The fourth-order valence-corrected chi connectivity index (χ4v) is 5.21. The van der Waals surface area contributed by atoms with E-state index in [-0.39, 0.29) is 31.2 Å². The second-order valence-electron chi connectivity index (χ2n) is 8.36. The zero-order valence-corrected chi connectivity index (χ0v) is 17.3. The average Bonchev–Trinajstić information content (AvgIpc) is 3.40. The normalized spacial score (nSPS) is 22.1. The number of rotatable bonds is 3. The molecular weight excluding hydrogens is 394 g/mol. The first-order valence-corrected chi connectivity index (χ1v) is 10.7. The fraction of sp³-hybridized carbons (Fsp3) is 0.333. The van der Waals surface area contributed by atoms with Crippen molar-refractivity contribution >= 4 is 22.7 Å². The van der Waals surface area contributed by atoms with Crippen LogP contribution in [0.1, 0.15) is 36.2 Å². The van der Waals surface area contributed by atoms with Crippen LogP contribution >= 0.6 is 0 Å². The lowest BCUT2D eigenvalue weighted by molar-refractivity contribution is -0.158. The van der Waals surface area contributed by atoms with E-state index in [1.807, 2.05) is 43.3 Å². The Bertz CT molecular complexity index is 1220. The Hall–Kier alpha value is -3.48. The third-order valence-electron chi connectivity index (χ3n) is 6.55. The Balaban J connectivity index is 1.54. The number of aromatic amines is 1. The first-order valence-electron chi connectivity index (χ1n) is 10.7. The maximum absolute atomic E-state index is 13.4. The average molecular weight is 417 g/mol. The van der Waals surface area contributed by atoms with Gasteiger partial charge in [0.25, 0.3) is 0 Å². The van der Waals surface area contributed by atoms with Crippen molar-refractivity contribution < 1.29 is 19.1 Å². The van der Waals surface area contributed by atoms with Crippen LogP contribution in [0.5, 0.6) is 11.5 Å².